The Morgan fingerprint density at radius 2 is 2.00 bits per heavy atom. The lowest BCUT2D eigenvalue weighted by molar-refractivity contribution is 0.264. The average Bonchev–Trinajstić information content (AvgIpc) is 2.73. The first-order valence-corrected chi connectivity index (χ1v) is 6.83. The Hall–Kier alpha value is -1.22. The summed E-state index contributed by atoms with van der Waals surface area (Å²) in [4.78, 5) is 0. The first-order valence-electron chi connectivity index (χ1n) is 6.04. The molecule has 0 aliphatic heterocycles. The van der Waals surface area contributed by atoms with E-state index in [4.69, 9.17) is 9.15 Å². The van der Waals surface area contributed by atoms with Gasteiger partial charge in [0.1, 0.15) is 23.9 Å². The molecule has 1 heterocycles. The summed E-state index contributed by atoms with van der Waals surface area (Å²) in [6.07, 6.45) is 0. The third-order valence-electron chi connectivity index (χ3n) is 2.76. The van der Waals surface area contributed by atoms with Crippen LogP contribution in [-0.4, -0.2) is 0 Å². The maximum atomic E-state index is 5.84. The molecule has 1 aromatic carbocycles. The summed E-state index contributed by atoms with van der Waals surface area (Å²) in [5.74, 6) is 3.11. The van der Waals surface area contributed by atoms with Crippen LogP contribution in [0.4, 0.5) is 0 Å². The minimum Gasteiger partial charge on any atom is -0.485 e. The van der Waals surface area contributed by atoms with E-state index in [0.29, 0.717) is 12.5 Å². The molecule has 0 amide bonds. The Bertz CT molecular complexity index is 529. The van der Waals surface area contributed by atoms with Gasteiger partial charge in [-0.15, -0.1) is 0 Å². The largest absolute Gasteiger partial charge is 0.485 e. The molecule has 0 radical (unpaired) electrons. The van der Waals surface area contributed by atoms with E-state index in [1.54, 1.807) is 0 Å². The summed E-state index contributed by atoms with van der Waals surface area (Å²) in [6, 6.07) is 9.99. The molecular weight excluding hydrogens is 292 g/mol. The molecule has 18 heavy (non-hydrogen) atoms. The Kier molecular flexibility index (Phi) is 4.12. The molecule has 0 saturated heterocycles. The minimum atomic E-state index is 0.427. The van der Waals surface area contributed by atoms with Crippen LogP contribution in [0.1, 0.15) is 36.8 Å². The van der Waals surface area contributed by atoms with E-state index in [9.17, 15) is 0 Å². The Morgan fingerprint density at radius 1 is 1.22 bits per heavy atom. The second-order valence-corrected chi connectivity index (χ2v) is 5.55. The number of rotatable bonds is 4. The van der Waals surface area contributed by atoms with Crippen molar-refractivity contribution in [2.75, 3.05) is 0 Å². The molecule has 2 nitrogen and oxygen atoms in total. The smallest absolute Gasteiger partial charge is 0.146 e. The van der Waals surface area contributed by atoms with Crippen LogP contribution in [0.25, 0.3) is 0 Å². The van der Waals surface area contributed by atoms with Crippen LogP contribution < -0.4 is 4.74 Å². The molecule has 0 aliphatic rings. The molecule has 0 fully saturated rings. The molecule has 0 atom stereocenters. The van der Waals surface area contributed by atoms with Crippen LogP contribution in [0.3, 0.4) is 0 Å². The monoisotopic (exact) mass is 308 g/mol. The Morgan fingerprint density at radius 3 is 2.61 bits per heavy atom. The van der Waals surface area contributed by atoms with Crippen LogP contribution in [0.5, 0.6) is 5.75 Å². The minimum absolute atomic E-state index is 0.427. The fraction of sp³-hybridized carbons (Fsp3) is 0.333. The summed E-state index contributed by atoms with van der Waals surface area (Å²) >= 11 is 3.49. The zero-order valence-corrected chi connectivity index (χ0v) is 12.5. The maximum Gasteiger partial charge on any atom is 0.146 e. The summed E-state index contributed by atoms with van der Waals surface area (Å²) < 4.78 is 12.4. The van der Waals surface area contributed by atoms with Gasteiger partial charge in [0.25, 0.3) is 0 Å². The van der Waals surface area contributed by atoms with Gasteiger partial charge in [-0.2, -0.15) is 0 Å². The van der Waals surface area contributed by atoms with Gasteiger partial charge in [-0.25, -0.2) is 0 Å². The number of hydrogen-bond acceptors (Lipinski definition) is 2. The van der Waals surface area contributed by atoms with Crippen LogP contribution in [0, 0.1) is 6.92 Å². The molecule has 0 aliphatic carbocycles. The van der Waals surface area contributed by atoms with Gasteiger partial charge < -0.3 is 9.15 Å². The molecule has 0 spiro atoms. The number of halogens is 1. The number of furan rings is 1. The molecule has 2 rings (SSSR count). The van der Waals surface area contributed by atoms with Crippen LogP contribution in [0.15, 0.2) is 39.2 Å². The predicted molar refractivity (Wildman–Crippen MR) is 76.0 cm³/mol. The van der Waals surface area contributed by atoms with Gasteiger partial charge in [0, 0.05) is 4.47 Å². The van der Waals surface area contributed by atoms with E-state index in [0.717, 1.165) is 21.7 Å². The quantitative estimate of drug-likeness (QED) is 0.788. The van der Waals surface area contributed by atoms with E-state index in [1.165, 1.54) is 5.56 Å². The second-order valence-electron chi connectivity index (χ2n) is 4.64. The van der Waals surface area contributed by atoms with Gasteiger partial charge >= 0.3 is 0 Å². The molecular formula is C15H17BrO2. The lowest BCUT2D eigenvalue weighted by Gasteiger charge is -2.13. The first kappa shape index (κ1) is 13.2. The molecule has 2 aromatic rings. The number of ether oxygens (including phenoxy) is 1. The number of hydrogen-bond donors (Lipinski definition) is 0. The predicted octanol–water partition coefficient (Wildman–Crippen LogP) is 5.05. The van der Waals surface area contributed by atoms with Crippen LogP contribution in [0.2, 0.25) is 0 Å². The van der Waals surface area contributed by atoms with Gasteiger partial charge in [0.2, 0.25) is 0 Å². The Balaban J connectivity index is 2.13. The lowest BCUT2D eigenvalue weighted by atomic mass is 10.0. The zero-order valence-electron chi connectivity index (χ0n) is 10.9. The fourth-order valence-corrected chi connectivity index (χ4v) is 2.19. The highest BCUT2D eigenvalue weighted by atomic mass is 79.9. The van der Waals surface area contributed by atoms with Crippen LogP contribution in [-0.2, 0) is 6.61 Å². The summed E-state index contributed by atoms with van der Waals surface area (Å²) in [5, 5.41) is 0. The molecule has 1 aromatic heterocycles. The third kappa shape index (κ3) is 3.16. The van der Waals surface area contributed by atoms with Crippen molar-refractivity contribution in [1.29, 1.82) is 0 Å². The van der Waals surface area contributed by atoms with E-state index < -0.39 is 0 Å². The van der Waals surface area contributed by atoms with Crippen molar-refractivity contribution >= 4 is 15.9 Å². The van der Waals surface area contributed by atoms with Crippen molar-refractivity contribution < 1.29 is 9.15 Å². The van der Waals surface area contributed by atoms with Crippen molar-refractivity contribution in [2.45, 2.75) is 33.3 Å². The molecule has 96 valence electrons. The average molecular weight is 309 g/mol. The summed E-state index contributed by atoms with van der Waals surface area (Å²) in [5.41, 5.74) is 1.20. The standard InChI is InChI=1S/C15H17BrO2/c1-10(2)14-8-12(16)5-7-15(14)17-9-13-6-4-11(3)18-13/h4-8,10H,9H2,1-3H3. The number of aryl methyl sites for hydroxylation is 1. The van der Waals surface area contributed by atoms with Gasteiger partial charge in [-0.05, 0) is 48.7 Å². The first-order chi connectivity index (χ1) is 8.56. The van der Waals surface area contributed by atoms with E-state index >= 15 is 0 Å². The molecule has 0 unspecified atom stereocenters. The third-order valence-corrected chi connectivity index (χ3v) is 3.25. The SMILES string of the molecule is Cc1ccc(COc2ccc(Br)cc2C(C)C)o1. The van der Waals surface area contributed by atoms with E-state index in [1.807, 2.05) is 31.2 Å². The molecule has 3 heteroatoms. The van der Waals surface area contributed by atoms with Gasteiger partial charge in [-0.1, -0.05) is 29.8 Å². The van der Waals surface area contributed by atoms with Crippen molar-refractivity contribution in [1.82, 2.24) is 0 Å². The van der Waals surface area contributed by atoms with E-state index in [-0.39, 0.29) is 0 Å². The van der Waals surface area contributed by atoms with Crippen molar-refractivity contribution in [3.05, 3.63) is 51.9 Å². The summed E-state index contributed by atoms with van der Waals surface area (Å²) in [7, 11) is 0. The normalized spacial score (nSPS) is 10.9. The van der Waals surface area contributed by atoms with Crippen molar-refractivity contribution in [3.63, 3.8) is 0 Å². The van der Waals surface area contributed by atoms with Gasteiger partial charge in [0.05, 0.1) is 0 Å². The second kappa shape index (κ2) is 5.61. The zero-order chi connectivity index (χ0) is 13.1. The van der Waals surface area contributed by atoms with E-state index in [2.05, 4.69) is 35.8 Å². The fourth-order valence-electron chi connectivity index (χ4n) is 1.81. The topological polar surface area (TPSA) is 22.4 Å². The van der Waals surface area contributed by atoms with Gasteiger partial charge in [-0.3, -0.25) is 0 Å². The number of benzene rings is 1. The summed E-state index contributed by atoms with van der Waals surface area (Å²) in [6.45, 7) is 6.72. The Labute approximate surface area is 116 Å². The molecule has 0 N–H and O–H groups in total. The molecule has 0 bridgehead atoms. The highest BCUT2D eigenvalue weighted by Gasteiger charge is 2.09. The maximum absolute atomic E-state index is 5.84. The van der Waals surface area contributed by atoms with Gasteiger partial charge in [0.15, 0.2) is 0 Å². The van der Waals surface area contributed by atoms with Crippen LogP contribution >= 0.6 is 15.9 Å². The highest BCUT2D eigenvalue weighted by Crippen LogP contribution is 2.30. The highest BCUT2D eigenvalue weighted by molar-refractivity contribution is 9.10. The lowest BCUT2D eigenvalue weighted by Crippen LogP contribution is -1.99. The van der Waals surface area contributed by atoms with Crippen molar-refractivity contribution in [2.24, 2.45) is 0 Å². The molecule has 0 saturated carbocycles. The van der Waals surface area contributed by atoms with Crippen molar-refractivity contribution in [3.8, 4) is 5.75 Å².